The molecule has 214 valence electrons. The first kappa shape index (κ1) is 28.6. The molecule has 1 saturated heterocycles. The predicted molar refractivity (Wildman–Crippen MR) is 159 cm³/mol. The molecule has 2 amide bonds. The van der Waals surface area contributed by atoms with Crippen LogP contribution in [0.3, 0.4) is 0 Å². The van der Waals surface area contributed by atoms with Gasteiger partial charge in [0.1, 0.15) is 12.1 Å². The summed E-state index contributed by atoms with van der Waals surface area (Å²) in [7, 11) is 0. The quantitative estimate of drug-likeness (QED) is 0.417. The van der Waals surface area contributed by atoms with Crippen molar-refractivity contribution in [1.29, 1.82) is 5.26 Å². The first-order chi connectivity index (χ1) is 19.7. The van der Waals surface area contributed by atoms with Crippen molar-refractivity contribution in [2.45, 2.75) is 88.9 Å². The normalized spacial score (nSPS) is 20.4. The number of anilines is 1. The average Bonchev–Trinajstić information content (AvgIpc) is 3.36. The van der Waals surface area contributed by atoms with E-state index in [2.05, 4.69) is 37.3 Å². The second-order valence-electron chi connectivity index (χ2n) is 12.4. The maximum absolute atomic E-state index is 14.5. The highest BCUT2D eigenvalue weighted by Gasteiger charge is 2.43. The van der Waals surface area contributed by atoms with Gasteiger partial charge in [-0.25, -0.2) is 0 Å². The van der Waals surface area contributed by atoms with Crippen LogP contribution in [0.2, 0.25) is 0 Å². The van der Waals surface area contributed by atoms with Crippen LogP contribution in [-0.2, 0) is 15.0 Å². The molecule has 2 aromatic carbocycles. The SMILES string of the molecule is CC(C)(C)c1ccc(N(C(=O)C2CC(O)CN2C#N)C(C(=O)NC2CCCCC2)c2cncc3ccccc23)cc1. The number of nitrogens with one attached hydrogen (secondary N) is 1. The number of amides is 2. The van der Waals surface area contributed by atoms with Gasteiger partial charge in [-0.15, -0.1) is 0 Å². The van der Waals surface area contributed by atoms with E-state index >= 15 is 0 Å². The van der Waals surface area contributed by atoms with E-state index in [0.717, 1.165) is 48.4 Å². The van der Waals surface area contributed by atoms with Crippen LogP contribution in [0, 0.1) is 11.5 Å². The number of pyridine rings is 1. The van der Waals surface area contributed by atoms with E-state index in [4.69, 9.17) is 0 Å². The summed E-state index contributed by atoms with van der Waals surface area (Å²) in [6.07, 6.45) is 9.88. The topological polar surface area (TPSA) is 110 Å². The maximum atomic E-state index is 14.5. The maximum Gasteiger partial charge on any atom is 0.251 e. The zero-order valence-corrected chi connectivity index (χ0v) is 24.1. The molecule has 3 aromatic rings. The van der Waals surface area contributed by atoms with E-state index in [1.165, 1.54) is 9.80 Å². The Morgan fingerprint density at radius 2 is 1.78 bits per heavy atom. The Hall–Kier alpha value is -3.96. The smallest absolute Gasteiger partial charge is 0.251 e. The van der Waals surface area contributed by atoms with Crippen molar-refractivity contribution in [3.63, 3.8) is 0 Å². The van der Waals surface area contributed by atoms with Crippen LogP contribution < -0.4 is 10.2 Å². The van der Waals surface area contributed by atoms with Crippen molar-refractivity contribution in [2.24, 2.45) is 0 Å². The number of carbonyl (C=O) groups is 2. The minimum Gasteiger partial charge on any atom is -0.391 e. The van der Waals surface area contributed by atoms with Crippen molar-refractivity contribution >= 4 is 28.3 Å². The number of likely N-dealkylation sites (tertiary alicyclic amines) is 1. The minimum absolute atomic E-state index is 0.0332. The molecule has 2 aliphatic rings. The molecule has 1 aliphatic heterocycles. The summed E-state index contributed by atoms with van der Waals surface area (Å²) in [6, 6.07) is 13.6. The second kappa shape index (κ2) is 11.9. The van der Waals surface area contributed by atoms with Gasteiger partial charge in [-0.05, 0) is 41.3 Å². The Bertz CT molecular complexity index is 1430. The molecule has 2 N–H and O–H groups in total. The Morgan fingerprint density at radius 3 is 2.46 bits per heavy atom. The van der Waals surface area contributed by atoms with Gasteiger partial charge in [0.2, 0.25) is 5.91 Å². The lowest BCUT2D eigenvalue weighted by Crippen LogP contribution is -2.51. The zero-order chi connectivity index (χ0) is 29.1. The predicted octanol–water partition coefficient (Wildman–Crippen LogP) is 4.97. The van der Waals surface area contributed by atoms with Crippen LogP contribution in [0.15, 0.2) is 60.9 Å². The van der Waals surface area contributed by atoms with Crippen molar-refractivity contribution in [2.75, 3.05) is 11.4 Å². The lowest BCUT2D eigenvalue weighted by atomic mass is 9.87. The van der Waals surface area contributed by atoms with E-state index in [-0.39, 0.29) is 30.3 Å². The highest BCUT2D eigenvalue weighted by Crippen LogP contribution is 2.36. The van der Waals surface area contributed by atoms with Gasteiger partial charge in [0.25, 0.3) is 5.91 Å². The molecule has 5 rings (SSSR count). The van der Waals surface area contributed by atoms with Crippen LogP contribution in [0.5, 0.6) is 0 Å². The van der Waals surface area contributed by atoms with Crippen LogP contribution in [0.1, 0.15) is 76.5 Å². The number of aromatic nitrogens is 1. The van der Waals surface area contributed by atoms with E-state index < -0.39 is 24.1 Å². The molecule has 3 atom stereocenters. The van der Waals surface area contributed by atoms with Gasteiger partial charge in [-0.1, -0.05) is 76.4 Å². The number of carbonyl (C=O) groups excluding carboxylic acids is 2. The zero-order valence-electron chi connectivity index (χ0n) is 24.1. The number of rotatable bonds is 6. The third-order valence-electron chi connectivity index (χ3n) is 8.39. The van der Waals surface area contributed by atoms with Crippen molar-refractivity contribution in [3.8, 4) is 6.19 Å². The van der Waals surface area contributed by atoms with Crippen molar-refractivity contribution < 1.29 is 14.7 Å². The lowest BCUT2D eigenvalue weighted by molar-refractivity contribution is -0.128. The first-order valence-electron chi connectivity index (χ1n) is 14.6. The van der Waals surface area contributed by atoms with Gasteiger partial charge in [0, 0.05) is 41.5 Å². The molecule has 3 unspecified atom stereocenters. The van der Waals surface area contributed by atoms with Gasteiger partial charge in [0.15, 0.2) is 6.19 Å². The third-order valence-corrected chi connectivity index (χ3v) is 8.39. The van der Waals surface area contributed by atoms with Gasteiger partial charge >= 0.3 is 0 Å². The Labute approximate surface area is 242 Å². The fraction of sp³-hybridized carbons (Fsp3) is 0.455. The van der Waals surface area contributed by atoms with Crippen LogP contribution in [-0.4, -0.2) is 51.5 Å². The van der Waals surface area contributed by atoms with E-state index in [1.807, 2.05) is 48.5 Å². The summed E-state index contributed by atoms with van der Waals surface area (Å²) in [5.74, 6) is -0.673. The van der Waals surface area contributed by atoms with Gasteiger partial charge in [-0.2, -0.15) is 5.26 Å². The number of nitrogens with zero attached hydrogens (tertiary/aromatic N) is 4. The molecule has 1 aliphatic carbocycles. The number of benzene rings is 2. The number of nitriles is 1. The van der Waals surface area contributed by atoms with Crippen LogP contribution in [0.25, 0.3) is 10.8 Å². The molecule has 2 fully saturated rings. The molecule has 8 nitrogen and oxygen atoms in total. The van der Waals surface area contributed by atoms with E-state index in [9.17, 15) is 20.0 Å². The van der Waals surface area contributed by atoms with Gasteiger partial charge in [-0.3, -0.25) is 24.4 Å². The highest BCUT2D eigenvalue weighted by molar-refractivity contribution is 6.05. The Morgan fingerprint density at radius 1 is 1.07 bits per heavy atom. The largest absolute Gasteiger partial charge is 0.391 e. The summed E-state index contributed by atoms with van der Waals surface area (Å²) in [4.78, 5) is 36.2. The molecule has 0 radical (unpaired) electrons. The molecular weight excluding hydrogens is 514 g/mol. The molecule has 8 heteroatoms. The fourth-order valence-corrected chi connectivity index (χ4v) is 6.13. The third kappa shape index (κ3) is 6.06. The summed E-state index contributed by atoms with van der Waals surface area (Å²) < 4.78 is 0. The lowest BCUT2D eigenvalue weighted by Gasteiger charge is -2.36. The average molecular weight is 554 g/mol. The molecule has 1 aromatic heterocycles. The second-order valence-corrected chi connectivity index (χ2v) is 12.4. The van der Waals surface area contributed by atoms with Crippen LogP contribution >= 0.6 is 0 Å². The molecule has 41 heavy (non-hydrogen) atoms. The fourth-order valence-electron chi connectivity index (χ4n) is 6.13. The molecule has 2 heterocycles. The van der Waals surface area contributed by atoms with Crippen molar-refractivity contribution in [1.82, 2.24) is 15.2 Å². The van der Waals surface area contributed by atoms with Crippen molar-refractivity contribution in [3.05, 3.63) is 72.1 Å². The summed E-state index contributed by atoms with van der Waals surface area (Å²) in [5, 5.41) is 25.2. The van der Waals surface area contributed by atoms with Gasteiger partial charge in [0.05, 0.1) is 12.6 Å². The summed E-state index contributed by atoms with van der Waals surface area (Å²) in [5.41, 5.74) is 2.17. The van der Waals surface area contributed by atoms with Gasteiger partial charge < -0.3 is 10.4 Å². The number of β-amino-alcohol motifs (C(OH)–C–C–N with tert-alkyl or cyclic N) is 1. The van der Waals surface area contributed by atoms with E-state index in [0.29, 0.717) is 11.3 Å². The molecule has 1 saturated carbocycles. The summed E-state index contributed by atoms with van der Waals surface area (Å²) in [6.45, 7) is 6.45. The number of hydrogen-bond donors (Lipinski definition) is 2. The first-order valence-corrected chi connectivity index (χ1v) is 14.6. The molecule has 0 spiro atoms. The number of hydrogen-bond acceptors (Lipinski definition) is 6. The standard InChI is InChI=1S/C33H39N5O3/c1-33(2,3)23-13-15-25(16-14-23)38(32(41)29-17-26(39)20-37(29)21-34)30(31(40)36-24-10-5-4-6-11-24)28-19-35-18-22-9-7-8-12-27(22)28/h7-9,12-16,18-19,24,26,29-30,39H,4-6,10-11,17,20H2,1-3H3,(H,36,40). The monoisotopic (exact) mass is 553 g/mol. The van der Waals surface area contributed by atoms with E-state index in [1.54, 1.807) is 12.4 Å². The van der Waals surface area contributed by atoms with Crippen LogP contribution in [0.4, 0.5) is 5.69 Å². The number of aliphatic hydroxyl groups is 1. The number of fused-ring (bicyclic) bond motifs is 1. The minimum atomic E-state index is -1.03. The highest BCUT2D eigenvalue weighted by atomic mass is 16.3. The Balaban J connectivity index is 1.67. The molecular formula is C33H39N5O3. The summed E-state index contributed by atoms with van der Waals surface area (Å²) >= 11 is 0. The molecule has 0 bridgehead atoms. The number of aliphatic hydroxyl groups excluding tert-OH is 1. The Kier molecular flexibility index (Phi) is 8.27.